The highest BCUT2D eigenvalue weighted by Crippen LogP contribution is 2.29. The van der Waals surface area contributed by atoms with Crippen molar-refractivity contribution in [2.75, 3.05) is 19.4 Å². The molecule has 2 rings (SSSR count). The molecular formula is C12H9F4N3O2S2. The number of ether oxygens (including phenoxy) is 1. The minimum atomic E-state index is -1.88. The summed E-state index contributed by atoms with van der Waals surface area (Å²) in [5.41, 5.74) is -1.44. The molecule has 23 heavy (non-hydrogen) atoms. The first-order chi connectivity index (χ1) is 10.9. The number of nitrogens with one attached hydrogen (secondary N) is 2. The number of carbonyl (C=O) groups is 1. The molecule has 2 N–H and O–H groups in total. The van der Waals surface area contributed by atoms with Crippen LogP contribution in [0.5, 0.6) is 5.75 Å². The van der Waals surface area contributed by atoms with Gasteiger partial charge in [-0.3, -0.25) is 15.1 Å². The summed E-state index contributed by atoms with van der Waals surface area (Å²) in [7, 11) is 0.832. The van der Waals surface area contributed by atoms with Gasteiger partial charge in [0.15, 0.2) is 27.7 Å². The Morgan fingerprint density at radius 1 is 1.22 bits per heavy atom. The lowest BCUT2D eigenvalue weighted by Gasteiger charge is -2.12. The van der Waals surface area contributed by atoms with Gasteiger partial charge in [0.2, 0.25) is 11.6 Å². The van der Waals surface area contributed by atoms with Gasteiger partial charge in [-0.15, -0.1) is 0 Å². The molecule has 5 nitrogen and oxygen atoms in total. The Bertz CT molecular complexity index is 683. The van der Waals surface area contributed by atoms with Crippen LogP contribution in [-0.4, -0.2) is 35.6 Å². The fourth-order valence-corrected chi connectivity index (χ4v) is 2.68. The van der Waals surface area contributed by atoms with E-state index in [2.05, 4.69) is 15.0 Å². The molecular weight excluding hydrogens is 358 g/mol. The molecule has 0 atom stereocenters. The van der Waals surface area contributed by atoms with Gasteiger partial charge < -0.3 is 10.1 Å². The average molecular weight is 367 g/mol. The highest BCUT2D eigenvalue weighted by atomic mass is 32.2. The lowest BCUT2D eigenvalue weighted by Crippen LogP contribution is -2.41. The smallest absolute Gasteiger partial charge is 0.263 e. The number of benzene rings is 1. The number of amides is 1. The average Bonchev–Trinajstić information content (AvgIpc) is 2.98. The maximum absolute atomic E-state index is 13.8. The van der Waals surface area contributed by atoms with Gasteiger partial charge in [-0.05, 0) is 12.2 Å². The Morgan fingerprint density at radius 2 is 1.83 bits per heavy atom. The van der Waals surface area contributed by atoms with Gasteiger partial charge in [-0.25, -0.2) is 8.78 Å². The fourth-order valence-electron chi connectivity index (χ4n) is 1.69. The Balaban J connectivity index is 2.24. The standard InChI is InChI=1S/C12H9F4N3O2S2/c1-21-9-7(15)5(13)4(6(14)8(9)16)10(20)18-11(22)19-12-17-2-3-23-12/h2-3H2,1H3,(H2,17,18,19,20,22). The molecule has 0 bridgehead atoms. The molecule has 0 saturated carbocycles. The van der Waals surface area contributed by atoms with Crippen molar-refractivity contribution in [3.8, 4) is 5.75 Å². The van der Waals surface area contributed by atoms with Crippen LogP contribution in [0.25, 0.3) is 0 Å². The quantitative estimate of drug-likeness (QED) is 0.475. The van der Waals surface area contributed by atoms with Crippen molar-refractivity contribution in [3.63, 3.8) is 0 Å². The van der Waals surface area contributed by atoms with E-state index in [0.717, 1.165) is 12.9 Å². The topological polar surface area (TPSA) is 62.7 Å². The minimum absolute atomic E-state index is 0.307. The second-order valence-electron chi connectivity index (χ2n) is 4.11. The zero-order valence-corrected chi connectivity index (χ0v) is 13.1. The number of methoxy groups -OCH3 is 1. The summed E-state index contributed by atoms with van der Waals surface area (Å²) < 4.78 is 58.9. The van der Waals surface area contributed by atoms with Crippen LogP contribution in [0, 0.1) is 23.3 Å². The molecule has 0 unspecified atom stereocenters. The van der Waals surface area contributed by atoms with Gasteiger partial charge in [0.05, 0.1) is 13.7 Å². The van der Waals surface area contributed by atoms with Crippen molar-refractivity contribution in [3.05, 3.63) is 28.8 Å². The molecule has 0 fully saturated rings. The largest absolute Gasteiger partial charge is 0.491 e. The maximum Gasteiger partial charge on any atom is 0.263 e. The fraction of sp³-hybridized carbons (Fsp3) is 0.250. The zero-order chi connectivity index (χ0) is 17.1. The Labute approximate surface area is 137 Å². The van der Waals surface area contributed by atoms with Crippen LogP contribution < -0.4 is 15.4 Å². The van der Waals surface area contributed by atoms with Gasteiger partial charge in [-0.1, -0.05) is 11.8 Å². The van der Waals surface area contributed by atoms with Crippen molar-refractivity contribution >= 4 is 40.2 Å². The Morgan fingerprint density at radius 3 is 2.30 bits per heavy atom. The number of halogens is 4. The summed E-state index contributed by atoms with van der Waals surface area (Å²) >= 11 is 6.10. The summed E-state index contributed by atoms with van der Waals surface area (Å²) in [5, 5.41) is 4.57. The number of hydrogen-bond donors (Lipinski definition) is 2. The third-order valence-corrected chi connectivity index (χ3v) is 3.78. The van der Waals surface area contributed by atoms with Crippen molar-refractivity contribution < 1.29 is 27.1 Å². The number of aliphatic imine (C=N–C) groups is 1. The predicted molar refractivity (Wildman–Crippen MR) is 80.8 cm³/mol. The molecule has 1 aromatic rings. The van der Waals surface area contributed by atoms with Crippen LogP contribution in [0.3, 0.4) is 0 Å². The lowest BCUT2D eigenvalue weighted by molar-refractivity contribution is 0.0966. The molecule has 1 heterocycles. The third-order valence-electron chi connectivity index (χ3n) is 2.69. The van der Waals surface area contributed by atoms with E-state index < -0.39 is 40.5 Å². The van der Waals surface area contributed by atoms with Gasteiger partial charge in [-0.2, -0.15) is 8.78 Å². The van der Waals surface area contributed by atoms with Crippen molar-refractivity contribution in [1.29, 1.82) is 0 Å². The van der Waals surface area contributed by atoms with Gasteiger partial charge in [0, 0.05) is 5.75 Å². The molecule has 0 radical (unpaired) electrons. The molecule has 11 heteroatoms. The second-order valence-corrected chi connectivity index (χ2v) is 5.60. The molecule has 1 aromatic carbocycles. The Hall–Kier alpha value is -1.88. The van der Waals surface area contributed by atoms with Crippen LogP contribution in [0.4, 0.5) is 17.6 Å². The lowest BCUT2D eigenvalue weighted by atomic mass is 10.1. The van der Waals surface area contributed by atoms with E-state index in [0.29, 0.717) is 11.7 Å². The van der Waals surface area contributed by atoms with Crippen LogP contribution in [0.2, 0.25) is 0 Å². The number of thioether (sulfide) groups is 1. The first-order valence-electron chi connectivity index (χ1n) is 6.06. The summed E-state index contributed by atoms with van der Waals surface area (Å²) in [6.45, 7) is 0.557. The number of amidine groups is 1. The van der Waals surface area contributed by atoms with Crippen LogP contribution in [0.15, 0.2) is 4.99 Å². The molecule has 0 spiro atoms. The monoisotopic (exact) mass is 367 g/mol. The van der Waals surface area contributed by atoms with E-state index >= 15 is 0 Å². The van der Waals surface area contributed by atoms with Crippen molar-refractivity contribution in [2.24, 2.45) is 4.99 Å². The van der Waals surface area contributed by atoms with Crippen molar-refractivity contribution in [2.45, 2.75) is 0 Å². The maximum atomic E-state index is 13.8. The first-order valence-corrected chi connectivity index (χ1v) is 7.45. The van der Waals surface area contributed by atoms with Gasteiger partial charge in [0.1, 0.15) is 5.56 Å². The zero-order valence-electron chi connectivity index (χ0n) is 11.5. The van der Waals surface area contributed by atoms with E-state index in [1.54, 1.807) is 0 Å². The van der Waals surface area contributed by atoms with Gasteiger partial charge in [0.25, 0.3) is 5.91 Å². The summed E-state index contributed by atoms with van der Waals surface area (Å²) in [4.78, 5) is 15.8. The molecule has 0 aromatic heterocycles. The Kier molecular flexibility index (Phi) is 5.42. The first kappa shape index (κ1) is 17.5. The third kappa shape index (κ3) is 3.55. The number of nitrogens with zero attached hydrogens (tertiary/aromatic N) is 1. The molecule has 124 valence electrons. The van der Waals surface area contributed by atoms with Gasteiger partial charge >= 0.3 is 0 Å². The molecule has 0 aliphatic carbocycles. The summed E-state index contributed by atoms with van der Waals surface area (Å²) in [6, 6.07) is 0. The van der Waals surface area contributed by atoms with Crippen LogP contribution in [-0.2, 0) is 0 Å². The number of thiocarbonyl (C=S) groups is 1. The number of hydrogen-bond acceptors (Lipinski definition) is 5. The van der Waals surface area contributed by atoms with Crippen LogP contribution >= 0.6 is 24.0 Å². The molecule has 1 aliphatic rings. The highest BCUT2D eigenvalue weighted by Gasteiger charge is 2.30. The predicted octanol–water partition coefficient (Wildman–Crippen LogP) is 1.96. The molecule has 1 aliphatic heterocycles. The molecule has 1 amide bonds. The van der Waals surface area contributed by atoms with E-state index in [1.165, 1.54) is 11.8 Å². The van der Waals surface area contributed by atoms with E-state index in [9.17, 15) is 22.4 Å². The van der Waals surface area contributed by atoms with Crippen molar-refractivity contribution in [1.82, 2.24) is 10.6 Å². The number of rotatable bonds is 2. The minimum Gasteiger partial charge on any atom is -0.491 e. The highest BCUT2D eigenvalue weighted by molar-refractivity contribution is 8.14. The number of carbonyl (C=O) groups excluding carboxylic acids is 1. The summed E-state index contributed by atoms with van der Waals surface area (Å²) in [6.07, 6.45) is 0. The van der Waals surface area contributed by atoms with E-state index in [4.69, 9.17) is 12.2 Å². The van der Waals surface area contributed by atoms with E-state index in [-0.39, 0.29) is 5.11 Å². The SMILES string of the molecule is COc1c(F)c(F)c(C(=O)NC(=S)NC2=NCCS2)c(F)c1F. The second kappa shape index (κ2) is 7.13. The molecule has 0 saturated heterocycles. The normalized spacial score (nSPS) is 13.5. The van der Waals surface area contributed by atoms with Crippen LogP contribution in [0.1, 0.15) is 10.4 Å². The summed E-state index contributed by atoms with van der Waals surface area (Å²) in [5.74, 6) is -9.37. The van der Waals surface area contributed by atoms with E-state index in [1.807, 2.05) is 5.32 Å².